The number of ketones is 1. The third-order valence-corrected chi connectivity index (χ3v) is 2.79. The van der Waals surface area contributed by atoms with Crippen LogP contribution in [0.5, 0.6) is 0 Å². The molecule has 72 valence electrons. The first-order chi connectivity index (χ1) is 6.59. The van der Waals surface area contributed by atoms with Crippen LogP contribution in [0.25, 0.3) is 0 Å². The molecule has 1 fully saturated rings. The minimum absolute atomic E-state index is 0.159. The van der Waals surface area contributed by atoms with Crippen molar-refractivity contribution < 1.29 is 4.79 Å². The monoisotopic (exact) mass is 189 g/mol. The lowest BCUT2D eigenvalue weighted by atomic mass is 9.66. The lowest BCUT2D eigenvalue weighted by molar-refractivity contribution is -0.126. The van der Waals surface area contributed by atoms with Gasteiger partial charge in [-0.3, -0.25) is 9.48 Å². The molecule has 0 unspecified atom stereocenters. The predicted molar refractivity (Wildman–Crippen MR) is 49.5 cm³/mol. The number of Topliss-reactive ketones (excluding diaryl/α,β-unsaturated/α-hetero) is 1. The van der Waals surface area contributed by atoms with Crippen LogP contribution in [0.4, 0.5) is 0 Å². The molecule has 1 saturated carbocycles. The number of aryl methyl sites for hydroxylation is 2. The largest absolute Gasteiger partial charge is 0.300 e. The van der Waals surface area contributed by atoms with E-state index in [9.17, 15) is 4.79 Å². The Morgan fingerprint density at radius 2 is 2.29 bits per heavy atom. The molecule has 0 aromatic carbocycles. The highest BCUT2D eigenvalue weighted by atomic mass is 16.1. The summed E-state index contributed by atoms with van der Waals surface area (Å²) in [7, 11) is 1.81. The second-order valence-electron chi connectivity index (χ2n) is 3.89. The standard InChI is InChI=1S/C10H11N3O/c1-7-5-12-13(2)9(7)10(6-11)3-8(14)4-10/h5H,3-4H2,1-2H3. The quantitative estimate of drug-likeness (QED) is 0.658. The summed E-state index contributed by atoms with van der Waals surface area (Å²) in [4.78, 5) is 11.0. The Morgan fingerprint density at radius 3 is 2.64 bits per heavy atom. The molecule has 2 rings (SSSR count). The lowest BCUT2D eigenvalue weighted by Gasteiger charge is -2.34. The molecule has 0 saturated heterocycles. The molecule has 4 nitrogen and oxygen atoms in total. The van der Waals surface area contributed by atoms with Gasteiger partial charge in [-0.2, -0.15) is 10.4 Å². The highest BCUT2D eigenvalue weighted by Crippen LogP contribution is 2.41. The van der Waals surface area contributed by atoms with E-state index in [2.05, 4.69) is 11.2 Å². The van der Waals surface area contributed by atoms with E-state index in [0.29, 0.717) is 12.8 Å². The molecule has 0 atom stereocenters. The van der Waals surface area contributed by atoms with Crippen LogP contribution >= 0.6 is 0 Å². The smallest absolute Gasteiger partial charge is 0.136 e. The number of nitriles is 1. The number of hydrogen-bond donors (Lipinski definition) is 0. The van der Waals surface area contributed by atoms with Crippen molar-refractivity contribution >= 4 is 5.78 Å². The van der Waals surface area contributed by atoms with Gasteiger partial charge in [0.15, 0.2) is 0 Å². The van der Waals surface area contributed by atoms with Gasteiger partial charge in [0.2, 0.25) is 0 Å². The second kappa shape index (κ2) is 2.68. The Bertz CT molecular complexity index is 411. The molecule has 0 amide bonds. The van der Waals surface area contributed by atoms with Crippen molar-refractivity contribution in [2.75, 3.05) is 0 Å². The van der Waals surface area contributed by atoms with Crippen molar-refractivity contribution in [3.8, 4) is 6.07 Å². The number of aromatic nitrogens is 2. The third kappa shape index (κ3) is 0.987. The van der Waals surface area contributed by atoms with Gasteiger partial charge in [0.25, 0.3) is 0 Å². The zero-order chi connectivity index (χ0) is 10.3. The maximum Gasteiger partial charge on any atom is 0.136 e. The minimum atomic E-state index is -0.605. The van der Waals surface area contributed by atoms with Gasteiger partial charge >= 0.3 is 0 Å². The van der Waals surface area contributed by atoms with Crippen LogP contribution in [0.3, 0.4) is 0 Å². The fraction of sp³-hybridized carbons (Fsp3) is 0.500. The molecule has 1 aromatic heterocycles. The summed E-state index contributed by atoms with van der Waals surface area (Å²) in [5, 5.41) is 13.2. The van der Waals surface area contributed by atoms with Crippen molar-refractivity contribution in [1.29, 1.82) is 5.26 Å². The van der Waals surface area contributed by atoms with Gasteiger partial charge < -0.3 is 0 Å². The highest BCUT2D eigenvalue weighted by Gasteiger charge is 2.48. The van der Waals surface area contributed by atoms with Crippen LogP contribution < -0.4 is 0 Å². The first-order valence-corrected chi connectivity index (χ1v) is 4.51. The van der Waals surface area contributed by atoms with E-state index in [4.69, 9.17) is 5.26 Å². The molecular formula is C10H11N3O. The summed E-state index contributed by atoms with van der Waals surface area (Å²) >= 11 is 0. The topological polar surface area (TPSA) is 58.7 Å². The van der Waals surface area contributed by atoms with Crippen molar-refractivity contribution in [2.24, 2.45) is 7.05 Å². The van der Waals surface area contributed by atoms with Crippen LogP contribution in [0, 0.1) is 18.3 Å². The number of carbonyl (C=O) groups is 1. The second-order valence-corrected chi connectivity index (χ2v) is 3.89. The molecular weight excluding hydrogens is 178 g/mol. The van der Waals surface area contributed by atoms with E-state index in [1.807, 2.05) is 14.0 Å². The molecule has 0 N–H and O–H groups in total. The molecule has 1 aromatic rings. The van der Waals surface area contributed by atoms with E-state index >= 15 is 0 Å². The van der Waals surface area contributed by atoms with E-state index in [1.165, 1.54) is 0 Å². The Hall–Kier alpha value is -1.63. The number of nitrogens with zero attached hydrogens (tertiary/aromatic N) is 3. The molecule has 0 bridgehead atoms. The first-order valence-electron chi connectivity index (χ1n) is 4.51. The van der Waals surface area contributed by atoms with Crippen LogP contribution in [0.15, 0.2) is 6.20 Å². The molecule has 0 radical (unpaired) electrons. The maximum absolute atomic E-state index is 11.0. The van der Waals surface area contributed by atoms with Gasteiger partial charge in [0.05, 0.1) is 18.0 Å². The van der Waals surface area contributed by atoms with Crippen molar-refractivity contribution in [1.82, 2.24) is 9.78 Å². The number of carbonyl (C=O) groups excluding carboxylic acids is 1. The SMILES string of the molecule is Cc1cnn(C)c1C1(C#N)CC(=O)C1. The first kappa shape index (κ1) is 8.95. The van der Waals surface area contributed by atoms with E-state index in [-0.39, 0.29) is 5.78 Å². The Morgan fingerprint density at radius 1 is 1.64 bits per heavy atom. The van der Waals surface area contributed by atoms with Gasteiger partial charge in [-0.05, 0) is 12.5 Å². The average molecular weight is 189 g/mol. The average Bonchev–Trinajstić information content (AvgIpc) is 2.42. The van der Waals surface area contributed by atoms with E-state index in [0.717, 1.165) is 11.3 Å². The summed E-state index contributed by atoms with van der Waals surface area (Å²) in [6, 6.07) is 2.25. The predicted octanol–water partition coefficient (Wildman–Crippen LogP) is 0.853. The van der Waals surface area contributed by atoms with E-state index in [1.54, 1.807) is 10.9 Å². The van der Waals surface area contributed by atoms with Gasteiger partial charge in [-0.25, -0.2) is 0 Å². The third-order valence-electron chi connectivity index (χ3n) is 2.79. The fourth-order valence-corrected chi connectivity index (χ4v) is 2.16. The molecule has 1 heterocycles. The van der Waals surface area contributed by atoms with Crippen molar-refractivity contribution in [3.63, 3.8) is 0 Å². The van der Waals surface area contributed by atoms with Crippen LogP contribution in [0.1, 0.15) is 24.1 Å². The molecule has 0 aliphatic heterocycles. The van der Waals surface area contributed by atoms with Gasteiger partial charge in [0, 0.05) is 19.9 Å². The molecule has 0 spiro atoms. The van der Waals surface area contributed by atoms with Crippen LogP contribution in [-0.4, -0.2) is 15.6 Å². The maximum atomic E-state index is 11.0. The molecule has 1 aliphatic rings. The van der Waals surface area contributed by atoms with Crippen LogP contribution in [0.2, 0.25) is 0 Å². The normalized spacial score (nSPS) is 18.8. The summed E-state index contributed by atoms with van der Waals surface area (Å²) in [6.07, 6.45) is 2.41. The minimum Gasteiger partial charge on any atom is -0.300 e. The summed E-state index contributed by atoms with van der Waals surface area (Å²) in [6.45, 7) is 1.92. The summed E-state index contributed by atoms with van der Waals surface area (Å²) in [5.74, 6) is 0.159. The Balaban J connectivity index is 2.49. The summed E-state index contributed by atoms with van der Waals surface area (Å²) < 4.78 is 1.70. The zero-order valence-corrected chi connectivity index (χ0v) is 8.24. The fourth-order valence-electron chi connectivity index (χ4n) is 2.16. The molecule has 14 heavy (non-hydrogen) atoms. The number of hydrogen-bond acceptors (Lipinski definition) is 3. The number of rotatable bonds is 1. The lowest BCUT2D eigenvalue weighted by Crippen LogP contribution is -2.42. The summed E-state index contributed by atoms with van der Waals surface area (Å²) in [5.41, 5.74) is 1.27. The van der Waals surface area contributed by atoms with Crippen molar-refractivity contribution in [3.05, 3.63) is 17.5 Å². The zero-order valence-electron chi connectivity index (χ0n) is 8.24. The highest BCUT2D eigenvalue weighted by molar-refractivity contribution is 5.90. The molecule has 1 aliphatic carbocycles. The van der Waals surface area contributed by atoms with Crippen LogP contribution in [-0.2, 0) is 17.3 Å². The Kier molecular flexibility index (Phi) is 1.71. The Labute approximate surface area is 82.1 Å². The van der Waals surface area contributed by atoms with E-state index < -0.39 is 5.41 Å². The van der Waals surface area contributed by atoms with Gasteiger partial charge in [0.1, 0.15) is 11.2 Å². The van der Waals surface area contributed by atoms with Crippen molar-refractivity contribution in [2.45, 2.75) is 25.2 Å². The van der Waals surface area contributed by atoms with Gasteiger partial charge in [-0.15, -0.1) is 0 Å². The molecule has 4 heteroatoms. The van der Waals surface area contributed by atoms with Gasteiger partial charge in [-0.1, -0.05) is 0 Å².